The molecule has 0 fully saturated rings. The van der Waals surface area contributed by atoms with Crippen LogP contribution in [0.15, 0.2) is 36.1 Å². The Balaban J connectivity index is 0. The van der Waals surface area contributed by atoms with Crippen LogP contribution in [0.1, 0.15) is 47.5 Å². The van der Waals surface area contributed by atoms with Crippen molar-refractivity contribution < 1.29 is 22.4 Å². The molecule has 0 saturated heterocycles. The van der Waals surface area contributed by atoms with Crippen molar-refractivity contribution in [2.45, 2.75) is 53.2 Å². The highest BCUT2D eigenvalue weighted by Crippen LogP contribution is 2.21. The minimum atomic E-state index is -3.71. The molecule has 0 saturated carbocycles. The monoisotopic (exact) mass is 349 g/mol. The molecule has 0 heterocycles. The molecular formula is C16H31NO5S. The first-order chi connectivity index (χ1) is 10.6. The Kier molecular flexibility index (Phi) is 12.9. The van der Waals surface area contributed by atoms with Gasteiger partial charge in [-0.2, -0.15) is 13.1 Å². The van der Waals surface area contributed by atoms with Crippen molar-refractivity contribution in [3.05, 3.63) is 36.1 Å². The standard InChI is InChI=1S/C14H25NO5S.C2H6/c1-6-8-9-12(10-11-19-21(17,18)15-5)13(7-2)20-14(3,4)16;1-2/h6-8,15-16H,2,9-11H2,1,3-5H3;1-2H3/b8-6?,13-12-;. The number of ether oxygens (including phenoxy) is 1. The van der Waals surface area contributed by atoms with Gasteiger partial charge in [-0.05, 0) is 31.4 Å². The third kappa shape index (κ3) is 13.0. The Morgan fingerprint density at radius 2 is 1.91 bits per heavy atom. The van der Waals surface area contributed by atoms with Crippen LogP contribution in [0, 0.1) is 0 Å². The van der Waals surface area contributed by atoms with Crippen LogP contribution >= 0.6 is 0 Å². The van der Waals surface area contributed by atoms with E-state index < -0.39 is 16.1 Å². The molecule has 0 aromatic heterocycles. The highest BCUT2D eigenvalue weighted by Gasteiger charge is 2.17. The minimum absolute atomic E-state index is 0.0252. The SMILES string of the molecule is C=C/C(OC(C)(C)O)=C(\CC=CC)CCOS(=O)(=O)NC.CC. The van der Waals surface area contributed by atoms with Gasteiger partial charge in [0, 0.05) is 20.9 Å². The first-order valence-electron chi connectivity index (χ1n) is 7.60. The van der Waals surface area contributed by atoms with Gasteiger partial charge in [0.25, 0.3) is 0 Å². The van der Waals surface area contributed by atoms with Crippen molar-refractivity contribution in [1.29, 1.82) is 0 Å². The molecule has 23 heavy (non-hydrogen) atoms. The summed E-state index contributed by atoms with van der Waals surface area (Å²) in [6, 6.07) is 0. The van der Waals surface area contributed by atoms with Gasteiger partial charge in [0.05, 0.1) is 6.61 Å². The number of hydrogen-bond donors (Lipinski definition) is 2. The first kappa shape index (κ1) is 24.1. The quantitative estimate of drug-likeness (QED) is 0.274. The predicted octanol–water partition coefficient (Wildman–Crippen LogP) is 3.03. The summed E-state index contributed by atoms with van der Waals surface area (Å²) in [6.07, 6.45) is 6.15. The Morgan fingerprint density at radius 1 is 1.35 bits per heavy atom. The molecule has 136 valence electrons. The molecule has 2 N–H and O–H groups in total. The highest BCUT2D eigenvalue weighted by atomic mass is 32.2. The zero-order valence-corrected chi connectivity index (χ0v) is 15.9. The molecular weight excluding hydrogens is 318 g/mol. The maximum atomic E-state index is 11.2. The van der Waals surface area contributed by atoms with Crippen LogP contribution in [0.4, 0.5) is 0 Å². The summed E-state index contributed by atoms with van der Waals surface area (Å²) >= 11 is 0. The molecule has 0 aromatic carbocycles. The third-order valence-electron chi connectivity index (χ3n) is 2.39. The van der Waals surface area contributed by atoms with Gasteiger partial charge in [-0.15, -0.1) is 0 Å². The average molecular weight is 349 g/mol. The van der Waals surface area contributed by atoms with E-state index in [2.05, 4.69) is 11.3 Å². The predicted molar refractivity (Wildman–Crippen MR) is 93.9 cm³/mol. The summed E-state index contributed by atoms with van der Waals surface area (Å²) in [5, 5.41) is 9.73. The second-order valence-electron chi connectivity index (χ2n) is 4.72. The van der Waals surface area contributed by atoms with E-state index in [-0.39, 0.29) is 6.61 Å². The lowest BCUT2D eigenvalue weighted by molar-refractivity contribution is -0.144. The van der Waals surface area contributed by atoms with E-state index in [9.17, 15) is 13.5 Å². The van der Waals surface area contributed by atoms with Crippen LogP contribution < -0.4 is 4.72 Å². The Labute approximate surface area is 141 Å². The summed E-state index contributed by atoms with van der Waals surface area (Å²) < 4.78 is 34.7. The summed E-state index contributed by atoms with van der Waals surface area (Å²) in [6.45, 7) is 12.5. The van der Waals surface area contributed by atoms with E-state index in [1.807, 2.05) is 32.9 Å². The van der Waals surface area contributed by atoms with E-state index in [0.717, 1.165) is 5.57 Å². The van der Waals surface area contributed by atoms with Crippen molar-refractivity contribution in [3.8, 4) is 0 Å². The molecule has 7 heteroatoms. The molecule has 0 unspecified atom stereocenters. The molecule has 0 aliphatic carbocycles. The summed E-state index contributed by atoms with van der Waals surface area (Å²) in [5.41, 5.74) is 0.788. The van der Waals surface area contributed by atoms with Crippen molar-refractivity contribution in [1.82, 2.24) is 4.72 Å². The Bertz CT molecular complexity index is 487. The smallest absolute Gasteiger partial charge is 0.335 e. The Hall–Kier alpha value is -1.15. The second-order valence-corrected chi connectivity index (χ2v) is 6.28. The largest absolute Gasteiger partial charge is 0.463 e. The maximum absolute atomic E-state index is 11.2. The fourth-order valence-electron chi connectivity index (χ4n) is 1.45. The number of nitrogens with one attached hydrogen (secondary N) is 1. The van der Waals surface area contributed by atoms with E-state index in [0.29, 0.717) is 18.6 Å². The summed E-state index contributed by atoms with van der Waals surface area (Å²) in [4.78, 5) is 0. The van der Waals surface area contributed by atoms with Gasteiger partial charge >= 0.3 is 10.3 Å². The normalized spacial score (nSPS) is 13.2. The second kappa shape index (κ2) is 12.3. The van der Waals surface area contributed by atoms with Gasteiger partial charge in [-0.1, -0.05) is 32.6 Å². The molecule has 0 atom stereocenters. The lowest BCUT2D eigenvalue weighted by Crippen LogP contribution is -2.24. The molecule has 0 amide bonds. The van der Waals surface area contributed by atoms with E-state index in [4.69, 9.17) is 8.92 Å². The fourth-order valence-corrected chi connectivity index (χ4v) is 1.87. The average Bonchev–Trinajstić information content (AvgIpc) is 2.49. The van der Waals surface area contributed by atoms with E-state index in [1.54, 1.807) is 0 Å². The molecule has 0 aromatic rings. The van der Waals surface area contributed by atoms with Gasteiger partial charge in [0.2, 0.25) is 5.79 Å². The number of rotatable bonds is 10. The molecule has 0 aliphatic rings. The lowest BCUT2D eigenvalue weighted by Gasteiger charge is -2.22. The first-order valence-corrected chi connectivity index (χ1v) is 9.01. The zero-order valence-electron chi connectivity index (χ0n) is 15.0. The van der Waals surface area contributed by atoms with Crippen molar-refractivity contribution in [2.75, 3.05) is 13.7 Å². The van der Waals surface area contributed by atoms with Gasteiger partial charge < -0.3 is 9.84 Å². The highest BCUT2D eigenvalue weighted by molar-refractivity contribution is 7.84. The minimum Gasteiger partial charge on any atom is -0.463 e. The number of aliphatic hydroxyl groups is 1. The molecule has 0 spiro atoms. The van der Waals surface area contributed by atoms with Crippen molar-refractivity contribution >= 4 is 10.3 Å². The molecule has 0 aliphatic heterocycles. The van der Waals surface area contributed by atoms with Crippen LogP contribution in [0.25, 0.3) is 0 Å². The third-order valence-corrected chi connectivity index (χ3v) is 3.36. The summed E-state index contributed by atoms with van der Waals surface area (Å²) in [7, 11) is -2.43. The van der Waals surface area contributed by atoms with Gasteiger partial charge in [-0.3, -0.25) is 4.18 Å². The molecule has 6 nitrogen and oxygen atoms in total. The van der Waals surface area contributed by atoms with Gasteiger partial charge in [-0.25, -0.2) is 0 Å². The van der Waals surface area contributed by atoms with Crippen LogP contribution in [-0.2, 0) is 19.2 Å². The van der Waals surface area contributed by atoms with Crippen LogP contribution in [0.2, 0.25) is 0 Å². The lowest BCUT2D eigenvalue weighted by atomic mass is 10.1. The fraction of sp³-hybridized carbons (Fsp3) is 0.625. The van der Waals surface area contributed by atoms with E-state index >= 15 is 0 Å². The van der Waals surface area contributed by atoms with Crippen LogP contribution in [0.5, 0.6) is 0 Å². The topological polar surface area (TPSA) is 84.9 Å². The zero-order chi connectivity index (χ0) is 18.5. The van der Waals surface area contributed by atoms with E-state index in [1.165, 1.54) is 27.0 Å². The van der Waals surface area contributed by atoms with Crippen molar-refractivity contribution in [2.24, 2.45) is 0 Å². The summed E-state index contributed by atoms with van der Waals surface area (Å²) in [5.74, 6) is -0.922. The van der Waals surface area contributed by atoms with Gasteiger partial charge in [0.1, 0.15) is 5.76 Å². The Morgan fingerprint density at radius 3 is 2.30 bits per heavy atom. The van der Waals surface area contributed by atoms with Crippen LogP contribution in [0.3, 0.4) is 0 Å². The van der Waals surface area contributed by atoms with Gasteiger partial charge in [0.15, 0.2) is 0 Å². The number of allylic oxidation sites excluding steroid dienone is 3. The van der Waals surface area contributed by atoms with Crippen molar-refractivity contribution in [3.63, 3.8) is 0 Å². The molecule has 0 radical (unpaired) electrons. The van der Waals surface area contributed by atoms with Crippen LogP contribution in [-0.4, -0.2) is 33.0 Å². The maximum Gasteiger partial charge on any atom is 0.335 e. The molecule has 0 rings (SSSR count). The number of hydrogen-bond acceptors (Lipinski definition) is 5. The molecule has 0 bridgehead atoms.